The Morgan fingerprint density at radius 3 is 2.77 bits per heavy atom. The Morgan fingerprint density at radius 2 is 2.00 bits per heavy atom. The van der Waals surface area contributed by atoms with Gasteiger partial charge in [-0.2, -0.15) is 0 Å². The summed E-state index contributed by atoms with van der Waals surface area (Å²) in [5, 5.41) is 11.8. The second-order valence-electron chi connectivity index (χ2n) is 8.46. The molecule has 1 fully saturated rings. The predicted molar refractivity (Wildman–Crippen MR) is 122 cm³/mol. The summed E-state index contributed by atoms with van der Waals surface area (Å²) in [6.45, 7) is 3.09. The highest BCUT2D eigenvalue weighted by atomic mass is 16.5. The zero-order valence-electron chi connectivity index (χ0n) is 18.5. The summed E-state index contributed by atoms with van der Waals surface area (Å²) in [7, 11) is 5.82. The maximum absolute atomic E-state index is 10.8. The Bertz CT molecular complexity index is 1020. The Labute approximate surface area is 184 Å². The van der Waals surface area contributed by atoms with E-state index in [1.165, 1.54) is 11.1 Å². The van der Waals surface area contributed by atoms with Crippen LogP contribution in [0.25, 0.3) is 10.9 Å². The fourth-order valence-corrected chi connectivity index (χ4v) is 4.25. The third-order valence-electron chi connectivity index (χ3n) is 5.73. The van der Waals surface area contributed by atoms with Gasteiger partial charge in [-0.25, -0.2) is 0 Å². The van der Waals surface area contributed by atoms with Gasteiger partial charge in [0.25, 0.3) is 0 Å². The lowest BCUT2D eigenvalue weighted by molar-refractivity contribution is -0.0269. The van der Waals surface area contributed by atoms with Crippen molar-refractivity contribution in [2.45, 2.75) is 31.7 Å². The molecule has 2 heterocycles. The minimum absolute atomic E-state index is 0.220. The van der Waals surface area contributed by atoms with E-state index in [0.29, 0.717) is 6.54 Å². The number of aromatic nitrogens is 1. The molecule has 3 aromatic rings. The van der Waals surface area contributed by atoms with Crippen LogP contribution >= 0.6 is 0 Å². The topological polar surface area (TPSA) is 58.1 Å². The number of likely N-dealkylation sites (tertiary alicyclic amines) is 1. The van der Waals surface area contributed by atoms with E-state index in [1.807, 2.05) is 36.4 Å². The van der Waals surface area contributed by atoms with Crippen LogP contribution in [0.1, 0.15) is 17.5 Å². The summed E-state index contributed by atoms with van der Waals surface area (Å²) in [5.74, 6) is 1.70. The van der Waals surface area contributed by atoms with Crippen molar-refractivity contribution < 1.29 is 14.6 Å². The molecule has 1 aliphatic heterocycles. The maximum Gasteiger partial charge on any atom is 0.129 e. The fourth-order valence-electron chi connectivity index (χ4n) is 4.25. The highest BCUT2D eigenvalue weighted by Crippen LogP contribution is 2.28. The number of ether oxygens (including phenoxy) is 2. The first-order valence-electron chi connectivity index (χ1n) is 10.7. The predicted octanol–water partition coefficient (Wildman–Crippen LogP) is 3.32. The molecule has 2 atom stereocenters. The first-order chi connectivity index (χ1) is 15.0. The van der Waals surface area contributed by atoms with Crippen molar-refractivity contribution in [1.82, 2.24) is 14.8 Å². The highest BCUT2D eigenvalue weighted by Gasteiger charge is 2.29. The van der Waals surface area contributed by atoms with Crippen molar-refractivity contribution in [3.63, 3.8) is 0 Å². The largest absolute Gasteiger partial charge is 0.496 e. The Morgan fingerprint density at radius 1 is 1.13 bits per heavy atom. The van der Waals surface area contributed by atoms with Crippen molar-refractivity contribution in [2.24, 2.45) is 0 Å². The van der Waals surface area contributed by atoms with Crippen molar-refractivity contribution in [3.05, 3.63) is 65.9 Å². The molecule has 1 N–H and O–H groups in total. The van der Waals surface area contributed by atoms with Crippen LogP contribution in [-0.2, 0) is 13.1 Å². The van der Waals surface area contributed by atoms with Crippen molar-refractivity contribution in [2.75, 3.05) is 34.3 Å². The molecule has 0 saturated carbocycles. The summed E-state index contributed by atoms with van der Waals surface area (Å²) in [5.41, 5.74) is 3.30. The van der Waals surface area contributed by atoms with E-state index in [4.69, 9.17) is 9.47 Å². The third kappa shape index (κ3) is 5.15. The summed E-state index contributed by atoms with van der Waals surface area (Å²) in [6.07, 6.45) is 1.79. The highest BCUT2D eigenvalue weighted by molar-refractivity contribution is 5.84. The second-order valence-corrected chi connectivity index (χ2v) is 8.46. The van der Waals surface area contributed by atoms with Gasteiger partial charge in [-0.1, -0.05) is 12.1 Å². The average molecular weight is 422 g/mol. The number of methoxy groups -OCH3 is 1. The molecule has 0 unspecified atom stereocenters. The summed E-state index contributed by atoms with van der Waals surface area (Å²) in [6, 6.07) is 16.1. The molecule has 2 aromatic carbocycles. The lowest BCUT2D eigenvalue weighted by Crippen LogP contribution is -2.48. The lowest BCUT2D eigenvalue weighted by atomic mass is 10.0. The van der Waals surface area contributed by atoms with Gasteiger partial charge in [-0.05, 0) is 62.5 Å². The van der Waals surface area contributed by atoms with Crippen LogP contribution in [0.15, 0.2) is 54.7 Å². The number of aliphatic hydroxyl groups excluding tert-OH is 1. The number of hydrogen-bond donors (Lipinski definition) is 1. The quantitative estimate of drug-likeness (QED) is 0.632. The van der Waals surface area contributed by atoms with E-state index in [-0.39, 0.29) is 6.10 Å². The molecule has 6 nitrogen and oxygen atoms in total. The smallest absolute Gasteiger partial charge is 0.129 e. The van der Waals surface area contributed by atoms with Gasteiger partial charge in [0.1, 0.15) is 23.7 Å². The van der Waals surface area contributed by atoms with Gasteiger partial charge >= 0.3 is 0 Å². The van der Waals surface area contributed by atoms with Crippen molar-refractivity contribution in [3.8, 4) is 11.5 Å². The average Bonchev–Trinajstić information content (AvgIpc) is 2.76. The minimum Gasteiger partial charge on any atom is -0.496 e. The Hall–Kier alpha value is -2.67. The van der Waals surface area contributed by atoms with Crippen LogP contribution in [0.2, 0.25) is 0 Å². The van der Waals surface area contributed by atoms with Gasteiger partial charge in [-0.15, -0.1) is 0 Å². The number of β-amino-alcohol motifs (C(OH)–C–C–N with tert-alkyl or cyclic N) is 1. The second kappa shape index (κ2) is 9.64. The SMILES string of the molecule is COc1ccc(CN2CC[C@@H](Oc3cccc4ncccc34)[C@H](O)C2)cc1CN(C)C. The van der Waals surface area contributed by atoms with E-state index < -0.39 is 6.10 Å². The number of pyridine rings is 1. The van der Waals surface area contributed by atoms with Crippen molar-refractivity contribution >= 4 is 10.9 Å². The van der Waals surface area contributed by atoms with E-state index in [0.717, 1.165) is 48.5 Å². The Balaban J connectivity index is 1.40. The number of fused-ring (bicyclic) bond motifs is 1. The number of hydrogen-bond acceptors (Lipinski definition) is 6. The standard InChI is InChI=1S/C25H31N3O3/c1-27(2)16-19-14-18(9-10-23(19)30-3)15-28-13-11-25(22(29)17-28)31-24-8-4-7-21-20(24)6-5-12-26-21/h4-10,12,14,22,25,29H,11,13,15-17H2,1-3H3/t22-,25-/m1/s1. The molecular formula is C25H31N3O3. The summed E-state index contributed by atoms with van der Waals surface area (Å²) < 4.78 is 11.7. The van der Waals surface area contributed by atoms with Crippen LogP contribution in [0.5, 0.6) is 11.5 Å². The normalized spacial score (nSPS) is 19.6. The third-order valence-corrected chi connectivity index (χ3v) is 5.73. The van der Waals surface area contributed by atoms with Crippen LogP contribution < -0.4 is 9.47 Å². The molecule has 0 spiro atoms. The number of benzene rings is 2. The molecule has 1 aliphatic rings. The molecule has 164 valence electrons. The Kier molecular flexibility index (Phi) is 6.70. The van der Waals surface area contributed by atoms with Gasteiger partial charge < -0.3 is 19.5 Å². The monoisotopic (exact) mass is 421 g/mol. The number of aliphatic hydroxyl groups is 1. The van der Waals surface area contributed by atoms with Gasteiger partial charge in [0.2, 0.25) is 0 Å². The molecule has 0 bridgehead atoms. The molecule has 0 amide bonds. The maximum atomic E-state index is 10.8. The zero-order valence-corrected chi connectivity index (χ0v) is 18.5. The molecule has 1 saturated heterocycles. The van der Waals surface area contributed by atoms with Crippen LogP contribution in [-0.4, -0.2) is 66.4 Å². The molecule has 0 aliphatic carbocycles. The molecule has 0 radical (unpaired) electrons. The summed E-state index contributed by atoms with van der Waals surface area (Å²) >= 11 is 0. The van der Waals surface area contributed by atoms with Crippen LogP contribution in [0.3, 0.4) is 0 Å². The van der Waals surface area contributed by atoms with E-state index in [2.05, 4.69) is 41.0 Å². The van der Waals surface area contributed by atoms with Crippen LogP contribution in [0.4, 0.5) is 0 Å². The lowest BCUT2D eigenvalue weighted by Gasteiger charge is -2.36. The van der Waals surface area contributed by atoms with E-state index in [1.54, 1.807) is 13.3 Å². The van der Waals surface area contributed by atoms with Crippen molar-refractivity contribution in [1.29, 1.82) is 0 Å². The molecule has 4 rings (SSSR count). The van der Waals surface area contributed by atoms with Gasteiger partial charge in [0.05, 0.1) is 12.6 Å². The van der Waals surface area contributed by atoms with Crippen LogP contribution in [0, 0.1) is 0 Å². The number of piperidine rings is 1. The van der Waals surface area contributed by atoms with Gasteiger partial charge in [0.15, 0.2) is 0 Å². The first-order valence-corrected chi connectivity index (χ1v) is 10.7. The van der Waals surface area contributed by atoms with E-state index in [9.17, 15) is 5.11 Å². The molecule has 1 aromatic heterocycles. The summed E-state index contributed by atoms with van der Waals surface area (Å²) in [4.78, 5) is 8.81. The van der Waals surface area contributed by atoms with Gasteiger partial charge in [-0.3, -0.25) is 9.88 Å². The fraction of sp³-hybridized carbons (Fsp3) is 0.400. The number of rotatable bonds is 7. The first kappa shape index (κ1) is 21.6. The minimum atomic E-state index is -0.542. The van der Waals surface area contributed by atoms with Gasteiger partial charge in [0, 0.05) is 43.3 Å². The zero-order chi connectivity index (χ0) is 21.8. The molecule has 6 heteroatoms. The molecular weight excluding hydrogens is 390 g/mol. The van der Waals surface area contributed by atoms with E-state index >= 15 is 0 Å². The number of nitrogens with zero attached hydrogens (tertiary/aromatic N) is 3. The molecule has 31 heavy (non-hydrogen) atoms.